The van der Waals surface area contributed by atoms with Crippen molar-refractivity contribution in [3.8, 4) is 0 Å². The number of hydrogen-bond acceptors (Lipinski definition) is 5. The smallest absolute Gasteiger partial charge is 0.254 e. The van der Waals surface area contributed by atoms with Crippen LogP contribution in [0.5, 0.6) is 0 Å². The van der Waals surface area contributed by atoms with Crippen LogP contribution in [-0.2, 0) is 19.6 Å². The van der Waals surface area contributed by atoms with Crippen LogP contribution in [0.15, 0.2) is 29.2 Å². The van der Waals surface area contributed by atoms with Crippen molar-refractivity contribution in [1.29, 1.82) is 0 Å². The fraction of sp³-hybridized carbons (Fsp3) is 0.533. The van der Waals surface area contributed by atoms with E-state index in [2.05, 4.69) is 15.4 Å². The molecule has 0 aliphatic carbocycles. The van der Waals surface area contributed by atoms with Crippen LogP contribution < -0.4 is 15.4 Å². The predicted octanol–water partition coefficient (Wildman–Crippen LogP) is 0.690. The standard InChI is InChI=1S/C15H23N3O4S/c1-15(2,3)18-23(20,21)12-6-4-5-11(9-12)17-14(19)13-10-16-7-8-22-13/h4-6,9,13,16,18H,7-8,10H2,1-3H3,(H,17,19). The molecule has 23 heavy (non-hydrogen) atoms. The van der Waals surface area contributed by atoms with Crippen molar-refractivity contribution in [1.82, 2.24) is 10.0 Å². The zero-order valence-corrected chi connectivity index (χ0v) is 14.4. The van der Waals surface area contributed by atoms with Crippen LogP contribution in [0.4, 0.5) is 5.69 Å². The molecule has 0 aromatic heterocycles. The summed E-state index contributed by atoms with van der Waals surface area (Å²) in [5, 5.41) is 5.76. The molecule has 1 fully saturated rings. The van der Waals surface area contributed by atoms with Crippen molar-refractivity contribution in [3.05, 3.63) is 24.3 Å². The van der Waals surface area contributed by atoms with Gasteiger partial charge in [-0.3, -0.25) is 4.79 Å². The number of anilines is 1. The first kappa shape index (κ1) is 17.9. The summed E-state index contributed by atoms with van der Waals surface area (Å²) in [4.78, 5) is 12.2. The van der Waals surface area contributed by atoms with Gasteiger partial charge in [-0.2, -0.15) is 0 Å². The molecule has 1 atom stereocenters. The van der Waals surface area contributed by atoms with Crippen molar-refractivity contribution >= 4 is 21.6 Å². The van der Waals surface area contributed by atoms with Gasteiger partial charge in [0.15, 0.2) is 0 Å². The molecule has 1 amide bonds. The topological polar surface area (TPSA) is 96.5 Å². The first-order chi connectivity index (χ1) is 10.7. The Kier molecular flexibility index (Phi) is 5.41. The Balaban J connectivity index is 2.12. The highest BCUT2D eigenvalue weighted by atomic mass is 32.2. The van der Waals surface area contributed by atoms with Crippen LogP contribution in [-0.4, -0.2) is 45.7 Å². The second-order valence-electron chi connectivity index (χ2n) is 6.44. The molecule has 3 N–H and O–H groups in total. The summed E-state index contributed by atoms with van der Waals surface area (Å²) in [5.74, 6) is -0.296. The van der Waals surface area contributed by atoms with E-state index in [0.717, 1.165) is 6.54 Å². The van der Waals surface area contributed by atoms with Gasteiger partial charge < -0.3 is 15.4 Å². The summed E-state index contributed by atoms with van der Waals surface area (Å²) in [6.45, 7) is 6.93. The van der Waals surface area contributed by atoms with E-state index < -0.39 is 21.7 Å². The van der Waals surface area contributed by atoms with E-state index in [4.69, 9.17) is 4.74 Å². The second-order valence-corrected chi connectivity index (χ2v) is 8.12. The Morgan fingerprint density at radius 2 is 2.09 bits per heavy atom. The molecule has 1 aromatic rings. The van der Waals surface area contributed by atoms with E-state index in [1.807, 2.05) is 0 Å². The minimum absolute atomic E-state index is 0.105. The van der Waals surface area contributed by atoms with E-state index in [9.17, 15) is 13.2 Å². The summed E-state index contributed by atoms with van der Waals surface area (Å²) in [6.07, 6.45) is -0.572. The zero-order valence-electron chi connectivity index (χ0n) is 13.5. The minimum Gasteiger partial charge on any atom is -0.366 e. The highest BCUT2D eigenvalue weighted by Crippen LogP contribution is 2.18. The molecule has 0 bridgehead atoms. The summed E-state index contributed by atoms with van der Waals surface area (Å²) in [5.41, 5.74) is -0.166. The van der Waals surface area contributed by atoms with Gasteiger partial charge in [0.1, 0.15) is 6.10 Å². The van der Waals surface area contributed by atoms with Gasteiger partial charge in [0.2, 0.25) is 10.0 Å². The maximum atomic E-state index is 12.3. The lowest BCUT2D eigenvalue weighted by molar-refractivity contribution is -0.128. The van der Waals surface area contributed by atoms with Crippen molar-refractivity contribution in [2.75, 3.05) is 25.0 Å². The van der Waals surface area contributed by atoms with Crippen LogP contribution in [0.1, 0.15) is 20.8 Å². The quantitative estimate of drug-likeness (QED) is 0.749. The van der Waals surface area contributed by atoms with Gasteiger partial charge in [-0.1, -0.05) is 6.07 Å². The van der Waals surface area contributed by atoms with Crippen molar-refractivity contribution in [2.45, 2.75) is 37.3 Å². The molecule has 1 unspecified atom stereocenters. The molecule has 0 spiro atoms. The maximum Gasteiger partial charge on any atom is 0.254 e. The second kappa shape index (κ2) is 6.96. The highest BCUT2D eigenvalue weighted by molar-refractivity contribution is 7.89. The normalized spacial score (nSPS) is 19.3. The maximum absolute atomic E-state index is 12.3. The Hall–Kier alpha value is -1.48. The van der Waals surface area contributed by atoms with Crippen LogP contribution in [0.25, 0.3) is 0 Å². The number of morpholine rings is 1. The minimum atomic E-state index is -3.65. The molecule has 0 saturated carbocycles. The number of ether oxygens (including phenoxy) is 1. The van der Waals surface area contributed by atoms with E-state index >= 15 is 0 Å². The number of benzene rings is 1. The number of carbonyl (C=O) groups excluding carboxylic acids is 1. The molecular weight excluding hydrogens is 318 g/mol. The van der Waals surface area contributed by atoms with Gasteiger partial charge >= 0.3 is 0 Å². The number of nitrogens with one attached hydrogen (secondary N) is 3. The highest BCUT2D eigenvalue weighted by Gasteiger charge is 2.24. The van der Waals surface area contributed by atoms with Gasteiger partial charge in [0, 0.05) is 24.3 Å². The average molecular weight is 341 g/mol. The molecule has 7 nitrogen and oxygen atoms in total. The number of sulfonamides is 1. The first-order valence-corrected chi connectivity index (χ1v) is 8.93. The van der Waals surface area contributed by atoms with Gasteiger partial charge in [-0.05, 0) is 39.0 Å². The fourth-order valence-corrected chi connectivity index (χ4v) is 3.62. The molecule has 1 aliphatic rings. The van der Waals surface area contributed by atoms with E-state index in [-0.39, 0.29) is 10.8 Å². The monoisotopic (exact) mass is 341 g/mol. The van der Waals surface area contributed by atoms with Gasteiger partial charge in [0.25, 0.3) is 5.91 Å². The number of carbonyl (C=O) groups is 1. The fourth-order valence-electron chi connectivity index (χ4n) is 2.16. The molecule has 0 radical (unpaired) electrons. The van der Waals surface area contributed by atoms with E-state index in [0.29, 0.717) is 18.8 Å². The SMILES string of the molecule is CC(C)(C)NS(=O)(=O)c1cccc(NC(=O)C2CNCCO2)c1. The van der Waals surface area contributed by atoms with Crippen molar-refractivity contribution in [2.24, 2.45) is 0 Å². The lowest BCUT2D eigenvalue weighted by atomic mass is 10.1. The molecule has 8 heteroatoms. The lowest BCUT2D eigenvalue weighted by Crippen LogP contribution is -2.45. The van der Waals surface area contributed by atoms with Crippen LogP contribution in [0.3, 0.4) is 0 Å². The summed E-state index contributed by atoms with van der Waals surface area (Å²) in [7, 11) is -3.65. The summed E-state index contributed by atoms with van der Waals surface area (Å²) >= 11 is 0. The first-order valence-electron chi connectivity index (χ1n) is 7.45. The predicted molar refractivity (Wildman–Crippen MR) is 87.8 cm³/mol. The number of hydrogen-bond donors (Lipinski definition) is 3. The lowest BCUT2D eigenvalue weighted by Gasteiger charge is -2.23. The third-order valence-corrected chi connectivity index (χ3v) is 4.83. The Labute approximate surface area is 136 Å². The molecule has 1 aromatic carbocycles. The summed E-state index contributed by atoms with van der Waals surface area (Å²) < 4.78 is 32.6. The molecule has 2 rings (SSSR count). The van der Waals surface area contributed by atoms with Gasteiger partial charge in [0.05, 0.1) is 11.5 Å². The molecular formula is C15H23N3O4S. The zero-order chi connectivity index (χ0) is 17.1. The third kappa shape index (κ3) is 5.28. The molecule has 1 saturated heterocycles. The largest absolute Gasteiger partial charge is 0.366 e. The number of amides is 1. The van der Waals surface area contributed by atoms with Crippen LogP contribution in [0.2, 0.25) is 0 Å². The van der Waals surface area contributed by atoms with Crippen LogP contribution >= 0.6 is 0 Å². The van der Waals surface area contributed by atoms with Crippen molar-refractivity contribution in [3.63, 3.8) is 0 Å². The Morgan fingerprint density at radius 3 is 2.70 bits per heavy atom. The number of rotatable bonds is 4. The Morgan fingerprint density at radius 1 is 1.35 bits per heavy atom. The Bertz CT molecular complexity index is 662. The van der Waals surface area contributed by atoms with Gasteiger partial charge in [-0.25, -0.2) is 13.1 Å². The van der Waals surface area contributed by atoms with Crippen molar-refractivity contribution < 1.29 is 17.9 Å². The van der Waals surface area contributed by atoms with Gasteiger partial charge in [-0.15, -0.1) is 0 Å². The van der Waals surface area contributed by atoms with E-state index in [1.54, 1.807) is 32.9 Å². The molecule has 1 aliphatic heterocycles. The molecule has 1 heterocycles. The average Bonchev–Trinajstić information content (AvgIpc) is 2.46. The van der Waals surface area contributed by atoms with E-state index in [1.165, 1.54) is 12.1 Å². The molecule has 128 valence electrons. The third-order valence-electron chi connectivity index (χ3n) is 3.07. The summed E-state index contributed by atoms with van der Waals surface area (Å²) in [6, 6.07) is 6.15. The van der Waals surface area contributed by atoms with Crippen LogP contribution in [0, 0.1) is 0 Å².